The van der Waals surface area contributed by atoms with Crippen LogP contribution in [0.25, 0.3) is 0 Å². The highest BCUT2D eigenvalue weighted by molar-refractivity contribution is 5.87. The van der Waals surface area contributed by atoms with Gasteiger partial charge in [-0.2, -0.15) is 18.3 Å². The first kappa shape index (κ1) is 16.8. The minimum absolute atomic E-state index is 0.0123. The van der Waals surface area contributed by atoms with Crippen molar-refractivity contribution in [3.05, 3.63) is 17.5 Å². The van der Waals surface area contributed by atoms with E-state index >= 15 is 0 Å². The van der Waals surface area contributed by atoms with Crippen molar-refractivity contribution < 1.29 is 27.4 Å². The van der Waals surface area contributed by atoms with Crippen LogP contribution in [0, 0.1) is 0 Å². The Bertz CT molecular complexity index is 516. The normalized spacial score (nSPS) is 15.6. The van der Waals surface area contributed by atoms with E-state index in [1.54, 1.807) is 17.7 Å². The summed E-state index contributed by atoms with van der Waals surface area (Å²) in [5.41, 5.74) is 1.09. The molecule has 22 heavy (non-hydrogen) atoms. The van der Waals surface area contributed by atoms with Gasteiger partial charge in [0.25, 0.3) is 0 Å². The lowest BCUT2D eigenvalue weighted by molar-refractivity contribution is -0.174. The van der Waals surface area contributed by atoms with E-state index in [9.17, 15) is 18.0 Å². The molecule has 2 rings (SSSR count). The van der Waals surface area contributed by atoms with Crippen LogP contribution < -0.4 is 0 Å². The molecule has 0 radical (unpaired) electrons. The number of ether oxygens (including phenoxy) is 2. The molecule has 0 bridgehead atoms. The maximum Gasteiger partial charge on any atom is 0.411 e. The van der Waals surface area contributed by atoms with Gasteiger partial charge in [-0.05, 0) is 13.0 Å². The lowest BCUT2D eigenvalue weighted by atomic mass is 10.3. The van der Waals surface area contributed by atoms with Crippen LogP contribution in [0.1, 0.15) is 23.1 Å². The lowest BCUT2D eigenvalue weighted by Gasteiger charge is -2.27. The zero-order valence-electron chi connectivity index (χ0n) is 12.2. The van der Waals surface area contributed by atoms with Crippen molar-refractivity contribution in [1.82, 2.24) is 14.7 Å². The zero-order valence-corrected chi connectivity index (χ0v) is 12.2. The van der Waals surface area contributed by atoms with Gasteiger partial charge in [-0.1, -0.05) is 0 Å². The first-order chi connectivity index (χ1) is 10.4. The van der Waals surface area contributed by atoms with Gasteiger partial charge in [0.2, 0.25) is 0 Å². The zero-order chi connectivity index (χ0) is 16.2. The highest BCUT2D eigenvalue weighted by Crippen LogP contribution is 2.16. The fourth-order valence-corrected chi connectivity index (χ4v) is 2.20. The molecule has 1 aliphatic rings. The Morgan fingerprint density at radius 2 is 2.18 bits per heavy atom. The average molecular weight is 321 g/mol. The highest BCUT2D eigenvalue weighted by atomic mass is 19.4. The molecular weight excluding hydrogens is 303 g/mol. The number of hydrogen-bond acceptors (Lipinski definition) is 5. The van der Waals surface area contributed by atoms with E-state index in [4.69, 9.17) is 4.74 Å². The minimum Gasteiger partial charge on any atom is -0.461 e. The number of aromatic nitrogens is 2. The van der Waals surface area contributed by atoms with Gasteiger partial charge in [0.1, 0.15) is 6.61 Å². The Kier molecular flexibility index (Phi) is 5.41. The molecule has 124 valence electrons. The van der Waals surface area contributed by atoms with Crippen LogP contribution in [0.3, 0.4) is 0 Å². The summed E-state index contributed by atoms with van der Waals surface area (Å²) in [5.74, 6) is -0.468. The van der Waals surface area contributed by atoms with E-state index in [2.05, 4.69) is 9.84 Å². The van der Waals surface area contributed by atoms with Crippen LogP contribution in [0.5, 0.6) is 0 Å². The third-order valence-corrected chi connectivity index (χ3v) is 3.18. The van der Waals surface area contributed by atoms with Gasteiger partial charge >= 0.3 is 12.1 Å². The molecule has 9 heteroatoms. The maximum atomic E-state index is 12.0. The molecule has 0 aliphatic carbocycles. The first-order valence-electron chi connectivity index (χ1n) is 6.99. The third kappa shape index (κ3) is 4.70. The van der Waals surface area contributed by atoms with Gasteiger partial charge in [0, 0.05) is 19.6 Å². The monoisotopic (exact) mass is 321 g/mol. The summed E-state index contributed by atoms with van der Waals surface area (Å²) in [5, 5.41) is 4.17. The summed E-state index contributed by atoms with van der Waals surface area (Å²) in [6.45, 7) is 2.92. The van der Waals surface area contributed by atoms with E-state index in [1.165, 1.54) is 0 Å². The van der Waals surface area contributed by atoms with Gasteiger partial charge in [-0.3, -0.25) is 9.58 Å². The van der Waals surface area contributed by atoms with Crippen molar-refractivity contribution in [2.24, 2.45) is 0 Å². The summed E-state index contributed by atoms with van der Waals surface area (Å²) >= 11 is 0. The van der Waals surface area contributed by atoms with E-state index in [0.717, 1.165) is 5.69 Å². The SMILES string of the molecule is CCOC(=O)c1cc2n(n1)CCN(CCOCC(F)(F)F)C2. The lowest BCUT2D eigenvalue weighted by Crippen LogP contribution is -2.36. The molecule has 0 N–H and O–H groups in total. The fourth-order valence-electron chi connectivity index (χ4n) is 2.20. The van der Waals surface area contributed by atoms with Crippen LogP contribution in [-0.4, -0.2) is 59.7 Å². The van der Waals surface area contributed by atoms with Crippen LogP contribution in [0.4, 0.5) is 13.2 Å². The summed E-state index contributed by atoms with van der Waals surface area (Å²) in [4.78, 5) is 13.6. The number of fused-ring (bicyclic) bond motifs is 1. The third-order valence-electron chi connectivity index (χ3n) is 3.18. The van der Waals surface area contributed by atoms with Crippen molar-refractivity contribution in [1.29, 1.82) is 0 Å². The van der Waals surface area contributed by atoms with Crippen LogP contribution in [-0.2, 0) is 22.6 Å². The predicted molar refractivity (Wildman–Crippen MR) is 70.3 cm³/mol. The Morgan fingerprint density at radius 3 is 2.86 bits per heavy atom. The number of halogens is 3. The van der Waals surface area contributed by atoms with Gasteiger partial charge in [0.05, 0.1) is 25.5 Å². The van der Waals surface area contributed by atoms with Crippen molar-refractivity contribution in [3.8, 4) is 0 Å². The molecule has 0 saturated carbocycles. The summed E-state index contributed by atoms with van der Waals surface area (Å²) in [6.07, 6.45) is -4.30. The first-order valence-corrected chi connectivity index (χ1v) is 6.99. The molecule has 0 saturated heterocycles. The number of esters is 1. The Balaban J connectivity index is 1.82. The molecule has 0 fully saturated rings. The molecule has 1 aliphatic heterocycles. The molecule has 0 aromatic carbocycles. The number of alkyl halides is 3. The van der Waals surface area contributed by atoms with E-state index < -0.39 is 18.8 Å². The maximum absolute atomic E-state index is 12.0. The quantitative estimate of drug-likeness (QED) is 0.586. The van der Waals surface area contributed by atoms with Crippen molar-refractivity contribution >= 4 is 5.97 Å². The van der Waals surface area contributed by atoms with E-state index in [1.807, 2.05) is 4.90 Å². The van der Waals surface area contributed by atoms with Crippen LogP contribution in [0.2, 0.25) is 0 Å². The topological polar surface area (TPSA) is 56.6 Å². The van der Waals surface area contributed by atoms with Gasteiger partial charge in [-0.25, -0.2) is 4.79 Å². The highest BCUT2D eigenvalue weighted by Gasteiger charge is 2.27. The smallest absolute Gasteiger partial charge is 0.411 e. The second-order valence-corrected chi connectivity index (χ2v) is 4.91. The number of carbonyl (C=O) groups is 1. The Morgan fingerprint density at radius 1 is 1.41 bits per heavy atom. The fraction of sp³-hybridized carbons (Fsp3) is 0.692. The van der Waals surface area contributed by atoms with E-state index in [-0.39, 0.29) is 18.9 Å². The molecule has 6 nitrogen and oxygen atoms in total. The van der Waals surface area contributed by atoms with Gasteiger partial charge in [0.15, 0.2) is 5.69 Å². The number of rotatable bonds is 6. The summed E-state index contributed by atoms with van der Waals surface area (Å²) in [7, 11) is 0. The molecule has 0 amide bonds. The second kappa shape index (κ2) is 7.10. The average Bonchev–Trinajstić information content (AvgIpc) is 2.86. The molecular formula is C13H18F3N3O3. The number of nitrogens with zero attached hydrogens (tertiary/aromatic N) is 3. The molecule has 0 unspecified atom stereocenters. The van der Waals surface area contributed by atoms with Crippen LogP contribution >= 0.6 is 0 Å². The van der Waals surface area contributed by atoms with Gasteiger partial charge in [-0.15, -0.1) is 0 Å². The Hall–Kier alpha value is -1.61. The molecule has 0 atom stereocenters. The van der Waals surface area contributed by atoms with Crippen molar-refractivity contribution in [3.63, 3.8) is 0 Å². The van der Waals surface area contributed by atoms with E-state index in [0.29, 0.717) is 26.2 Å². The number of carbonyl (C=O) groups excluding carboxylic acids is 1. The molecule has 2 heterocycles. The molecule has 0 spiro atoms. The summed E-state index contributed by atoms with van der Waals surface area (Å²) in [6, 6.07) is 1.65. The minimum atomic E-state index is -4.30. The van der Waals surface area contributed by atoms with Crippen LogP contribution in [0.15, 0.2) is 6.07 Å². The molecule has 1 aromatic heterocycles. The predicted octanol–water partition coefficient (Wildman–Crippen LogP) is 1.45. The largest absolute Gasteiger partial charge is 0.461 e. The standard InChI is InChI=1S/C13H18F3N3O3/c1-2-22-12(20)11-7-10-8-18(3-4-19(10)17-11)5-6-21-9-13(14,15)16/h7H,2-6,8-9H2,1H3. The van der Waals surface area contributed by atoms with Gasteiger partial charge < -0.3 is 9.47 Å². The van der Waals surface area contributed by atoms with Crippen molar-refractivity contribution in [2.45, 2.75) is 26.2 Å². The van der Waals surface area contributed by atoms with Crippen molar-refractivity contribution in [2.75, 3.05) is 32.9 Å². The number of hydrogen-bond donors (Lipinski definition) is 0. The Labute approximate surface area is 125 Å². The second-order valence-electron chi connectivity index (χ2n) is 4.91. The molecule has 1 aromatic rings. The summed E-state index contributed by atoms with van der Waals surface area (Å²) < 4.78 is 47.1.